The average Bonchev–Trinajstić information content (AvgIpc) is 3.56. The molecule has 7 nitrogen and oxygen atoms in total. The lowest BCUT2D eigenvalue weighted by Crippen LogP contribution is -2.53. The fourth-order valence-corrected chi connectivity index (χ4v) is 7.59. The zero-order valence-electron chi connectivity index (χ0n) is 22.1. The highest BCUT2D eigenvalue weighted by Gasteiger charge is 2.61. The minimum atomic E-state index is 0.0712. The summed E-state index contributed by atoms with van der Waals surface area (Å²) >= 11 is 0. The van der Waals surface area contributed by atoms with Gasteiger partial charge in [-0.2, -0.15) is 5.10 Å². The Balaban J connectivity index is 1.25. The van der Waals surface area contributed by atoms with Crippen LogP contribution in [0.3, 0.4) is 0 Å². The molecule has 4 aromatic rings. The van der Waals surface area contributed by atoms with E-state index in [1.807, 2.05) is 35.0 Å². The summed E-state index contributed by atoms with van der Waals surface area (Å²) in [7, 11) is 1.66. The maximum atomic E-state index is 13.7. The van der Waals surface area contributed by atoms with Crippen LogP contribution in [0.2, 0.25) is 0 Å². The minimum absolute atomic E-state index is 0.0712. The standard InChI is InChI=1S/C31H32N4O3/c1-16-29(26-10-20-7-6-19(17(2)36)9-24(20)33(26)13-18-4-5-18)32-35-15-23(12-27(38-3)30(16)35)31(37)34-14-22-8-21-11-25(34)28(21)22/h6-7,9-10,12,15,18,21-22,25,28H,4-5,8,11,13-14H2,1-3H3/t21?,22?,25?,28-/m1/s1. The van der Waals surface area contributed by atoms with Gasteiger partial charge in [-0.3, -0.25) is 9.59 Å². The molecule has 0 spiro atoms. The summed E-state index contributed by atoms with van der Waals surface area (Å²) in [4.78, 5) is 27.9. The third kappa shape index (κ3) is 3.04. The number of benzene rings is 1. The van der Waals surface area contributed by atoms with Crippen molar-refractivity contribution in [1.82, 2.24) is 19.1 Å². The SMILES string of the molecule is COc1cc(C(=O)N2CC3CC4CC2[C@H]43)cn2nc(-c3cc4ccc(C(C)=O)cc4n3CC3CC3)c(C)c12. The van der Waals surface area contributed by atoms with Gasteiger partial charge in [-0.25, -0.2) is 4.52 Å². The Morgan fingerprint density at radius 3 is 2.63 bits per heavy atom. The second-order valence-electron chi connectivity index (χ2n) is 12.1. The third-order valence-corrected chi connectivity index (χ3v) is 9.86. The lowest BCUT2D eigenvalue weighted by atomic mass is 9.53. The third-order valence-electron chi connectivity index (χ3n) is 9.86. The van der Waals surface area contributed by atoms with E-state index in [-0.39, 0.29) is 11.7 Å². The summed E-state index contributed by atoms with van der Waals surface area (Å²) in [6.45, 7) is 5.49. The number of carbonyl (C=O) groups is 2. The van der Waals surface area contributed by atoms with E-state index in [0.717, 1.165) is 70.3 Å². The largest absolute Gasteiger partial charge is 0.494 e. The molecule has 8 rings (SSSR count). The van der Waals surface area contributed by atoms with Crippen LogP contribution in [0, 0.1) is 30.6 Å². The fourth-order valence-electron chi connectivity index (χ4n) is 7.59. The Kier molecular flexibility index (Phi) is 4.54. The van der Waals surface area contributed by atoms with Gasteiger partial charge in [0.15, 0.2) is 5.78 Å². The van der Waals surface area contributed by atoms with Crippen LogP contribution in [0.5, 0.6) is 5.75 Å². The van der Waals surface area contributed by atoms with E-state index < -0.39 is 0 Å². The quantitative estimate of drug-likeness (QED) is 0.329. The van der Waals surface area contributed by atoms with Crippen LogP contribution in [0.15, 0.2) is 36.5 Å². The van der Waals surface area contributed by atoms with E-state index in [4.69, 9.17) is 9.84 Å². The molecule has 4 aliphatic rings. The second-order valence-corrected chi connectivity index (χ2v) is 12.1. The van der Waals surface area contributed by atoms with E-state index in [9.17, 15) is 9.59 Å². The molecule has 1 aromatic carbocycles. The van der Waals surface area contributed by atoms with Gasteiger partial charge in [-0.15, -0.1) is 0 Å². The Bertz CT molecular complexity index is 1680. The molecule has 38 heavy (non-hydrogen) atoms. The smallest absolute Gasteiger partial charge is 0.255 e. The molecule has 1 aliphatic heterocycles. The molecular formula is C31H32N4O3. The summed E-state index contributed by atoms with van der Waals surface area (Å²) in [5, 5.41) is 6.16. The van der Waals surface area contributed by atoms with Gasteiger partial charge >= 0.3 is 0 Å². The molecule has 4 atom stereocenters. The van der Waals surface area contributed by atoms with Crippen molar-refractivity contribution in [2.24, 2.45) is 23.7 Å². The maximum absolute atomic E-state index is 13.7. The molecule has 3 unspecified atom stereocenters. The van der Waals surface area contributed by atoms with Gasteiger partial charge in [0.1, 0.15) is 17.0 Å². The van der Waals surface area contributed by atoms with Gasteiger partial charge in [0.05, 0.1) is 18.4 Å². The Morgan fingerprint density at radius 2 is 1.92 bits per heavy atom. The van der Waals surface area contributed by atoms with E-state index in [2.05, 4.69) is 22.5 Å². The number of carbonyl (C=O) groups excluding carboxylic acids is 2. The van der Waals surface area contributed by atoms with Crippen molar-refractivity contribution in [2.75, 3.05) is 13.7 Å². The number of rotatable bonds is 6. The summed E-state index contributed by atoms with van der Waals surface area (Å²) in [6.07, 6.45) is 6.80. The molecule has 3 aromatic heterocycles. The first kappa shape index (κ1) is 22.4. The number of methoxy groups -OCH3 is 1. The van der Waals surface area contributed by atoms with Gasteiger partial charge in [-0.05, 0) is 81.4 Å². The minimum Gasteiger partial charge on any atom is -0.494 e. The van der Waals surface area contributed by atoms with Gasteiger partial charge in [0.2, 0.25) is 0 Å². The van der Waals surface area contributed by atoms with Crippen LogP contribution in [0.25, 0.3) is 27.8 Å². The van der Waals surface area contributed by atoms with E-state index in [1.165, 1.54) is 19.3 Å². The van der Waals surface area contributed by atoms with Crippen molar-refractivity contribution in [2.45, 2.75) is 52.1 Å². The van der Waals surface area contributed by atoms with E-state index >= 15 is 0 Å². The molecule has 0 radical (unpaired) electrons. The van der Waals surface area contributed by atoms with E-state index in [0.29, 0.717) is 29.2 Å². The summed E-state index contributed by atoms with van der Waals surface area (Å²) in [5.74, 6) is 3.78. The van der Waals surface area contributed by atoms with Crippen LogP contribution in [0.4, 0.5) is 0 Å². The Hall–Kier alpha value is -3.61. The molecule has 194 valence electrons. The van der Waals surface area contributed by atoms with Crippen molar-refractivity contribution in [3.05, 3.63) is 53.2 Å². The van der Waals surface area contributed by atoms with Crippen LogP contribution >= 0.6 is 0 Å². The van der Waals surface area contributed by atoms with Crippen molar-refractivity contribution in [1.29, 1.82) is 0 Å². The first-order valence-corrected chi connectivity index (χ1v) is 13.9. The molecule has 0 N–H and O–H groups in total. The average molecular weight is 509 g/mol. The van der Waals surface area contributed by atoms with Crippen molar-refractivity contribution >= 4 is 28.1 Å². The number of Topliss-reactive ketones (excluding diaryl/α,β-unsaturated/α-hetero) is 1. The van der Waals surface area contributed by atoms with E-state index in [1.54, 1.807) is 14.0 Å². The first-order valence-electron chi connectivity index (χ1n) is 13.9. The highest BCUT2D eigenvalue weighted by Crippen LogP contribution is 2.60. The fraction of sp³-hybridized carbons (Fsp3) is 0.452. The number of hydrogen-bond donors (Lipinski definition) is 0. The molecule has 3 aliphatic carbocycles. The molecule has 1 saturated heterocycles. The number of ketones is 1. The predicted octanol–water partition coefficient (Wildman–Crippen LogP) is 5.37. The number of fused-ring (bicyclic) bond motifs is 2. The number of hydrogen-bond acceptors (Lipinski definition) is 4. The zero-order chi connectivity index (χ0) is 25.9. The Labute approximate surface area is 221 Å². The van der Waals surface area contributed by atoms with Crippen LogP contribution in [-0.2, 0) is 6.54 Å². The highest BCUT2D eigenvalue weighted by atomic mass is 16.5. The lowest BCUT2D eigenvalue weighted by Gasteiger charge is -2.52. The maximum Gasteiger partial charge on any atom is 0.255 e. The molecule has 0 bridgehead atoms. The van der Waals surface area contributed by atoms with Gasteiger partial charge in [0.25, 0.3) is 5.91 Å². The summed E-state index contributed by atoms with van der Waals surface area (Å²) < 4.78 is 10.0. The molecule has 7 heteroatoms. The van der Waals surface area contributed by atoms with Gasteiger partial charge in [-0.1, -0.05) is 12.1 Å². The number of nitrogens with zero attached hydrogens (tertiary/aromatic N) is 4. The van der Waals surface area contributed by atoms with Crippen LogP contribution < -0.4 is 4.74 Å². The van der Waals surface area contributed by atoms with Crippen molar-refractivity contribution in [3.8, 4) is 17.1 Å². The molecular weight excluding hydrogens is 476 g/mol. The van der Waals surface area contributed by atoms with Crippen LogP contribution in [0.1, 0.15) is 58.9 Å². The van der Waals surface area contributed by atoms with Crippen LogP contribution in [-0.4, -0.2) is 50.5 Å². The first-order chi connectivity index (χ1) is 18.4. The molecule has 3 saturated carbocycles. The highest BCUT2D eigenvalue weighted by molar-refractivity contribution is 5.99. The number of amides is 1. The number of aromatic nitrogens is 3. The summed E-state index contributed by atoms with van der Waals surface area (Å²) in [6, 6.07) is 10.5. The topological polar surface area (TPSA) is 68.8 Å². The van der Waals surface area contributed by atoms with Crippen molar-refractivity contribution in [3.63, 3.8) is 0 Å². The van der Waals surface area contributed by atoms with Crippen molar-refractivity contribution < 1.29 is 14.3 Å². The predicted molar refractivity (Wildman–Crippen MR) is 145 cm³/mol. The number of ether oxygens (including phenoxy) is 1. The number of aryl methyl sites for hydroxylation is 1. The van der Waals surface area contributed by atoms with Gasteiger partial charge in [0, 0.05) is 47.4 Å². The zero-order valence-corrected chi connectivity index (χ0v) is 22.1. The lowest BCUT2D eigenvalue weighted by molar-refractivity contribution is -0.0204. The molecule has 4 fully saturated rings. The number of pyridine rings is 1. The monoisotopic (exact) mass is 508 g/mol. The summed E-state index contributed by atoms with van der Waals surface area (Å²) in [5.41, 5.74) is 6.27. The molecule has 1 amide bonds. The normalized spacial score (nSPS) is 25.4. The number of likely N-dealkylation sites (tertiary alicyclic amines) is 1. The molecule has 4 heterocycles. The van der Waals surface area contributed by atoms with Gasteiger partial charge < -0.3 is 14.2 Å². The Morgan fingerprint density at radius 1 is 1.08 bits per heavy atom. The second kappa shape index (κ2) is 7.71.